The average Bonchev–Trinajstić information content (AvgIpc) is 3.90. The molecule has 292 valence electrons. The molecule has 0 bridgehead atoms. The Morgan fingerprint density at radius 3 is 1.39 bits per heavy atom. The van der Waals surface area contributed by atoms with E-state index in [0.717, 1.165) is 61.4 Å². The van der Waals surface area contributed by atoms with Crippen LogP contribution in [0.5, 0.6) is 0 Å². The first-order chi connectivity index (χ1) is 30.7. The first-order valence-electron chi connectivity index (χ1n) is 21.1. The lowest BCUT2D eigenvalue weighted by Gasteiger charge is -2.30. The second-order valence-electron chi connectivity index (χ2n) is 16.0. The van der Waals surface area contributed by atoms with Gasteiger partial charge >= 0.3 is 0 Å². The minimum Gasteiger partial charge on any atom is -0.456 e. The van der Waals surface area contributed by atoms with Crippen molar-refractivity contribution in [2.75, 3.05) is 4.90 Å². The Labute approximate surface area is 360 Å². The Balaban J connectivity index is 0.954. The molecule has 62 heavy (non-hydrogen) atoms. The van der Waals surface area contributed by atoms with Crippen LogP contribution < -0.4 is 4.90 Å². The highest BCUT2D eigenvalue weighted by molar-refractivity contribution is 5.93. The molecule has 0 saturated carbocycles. The topological polar surface area (TPSA) is 55.1 Å². The molecule has 5 heteroatoms. The third kappa shape index (κ3) is 6.22. The zero-order chi connectivity index (χ0) is 41.0. The summed E-state index contributed by atoms with van der Waals surface area (Å²) in [6, 6.07) is 72.5. The number of hydrogen-bond donors (Lipinski definition) is 0. The van der Waals surface area contributed by atoms with Crippen molar-refractivity contribution in [3.63, 3.8) is 0 Å². The normalized spacial score (nSPS) is 15.0. The fourth-order valence-electron chi connectivity index (χ4n) is 9.30. The summed E-state index contributed by atoms with van der Waals surface area (Å²) in [5.74, 6) is 2.80. The lowest BCUT2D eigenvalue weighted by Crippen LogP contribution is -2.30. The number of hydrogen-bond acceptors (Lipinski definition) is 5. The van der Waals surface area contributed by atoms with E-state index >= 15 is 0 Å². The molecule has 2 aromatic heterocycles. The van der Waals surface area contributed by atoms with Crippen LogP contribution in [0.3, 0.4) is 0 Å². The molecule has 0 spiro atoms. The summed E-state index contributed by atoms with van der Waals surface area (Å²) in [5.41, 5.74) is 15.4. The molecular formula is C57H38N4O. The monoisotopic (exact) mass is 794 g/mol. The van der Waals surface area contributed by atoms with E-state index in [1.165, 1.54) is 27.9 Å². The number of nitrogens with zero attached hydrogens (tertiary/aromatic N) is 4. The smallest absolute Gasteiger partial charge is 0.164 e. The van der Waals surface area contributed by atoms with E-state index in [0.29, 0.717) is 17.5 Å². The van der Waals surface area contributed by atoms with Crippen LogP contribution in [0, 0.1) is 0 Å². The second-order valence-corrected chi connectivity index (χ2v) is 16.0. The van der Waals surface area contributed by atoms with Gasteiger partial charge in [0.25, 0.3) is 0 Å². The zero-order valence-corrected chi connectivity index (χ0v) is 33.6. The number of rotatable bonds is 7. The van der Waals surface area contributed by atoms with Crippen LogP contribution in [0.15, 0.2) is 217 Å². The highest BCUT2D eigenvalue weighted by Crippen LogP contribution is 2.53. The third-order valence-corrected chi connectivity index (χ3v) is 12.3. The van der Waals surface area contributed by atoms with Gasteiger partial charge in [-0.25, -0.2) is 15.0 Å². The molecule has 0 radical (unpaired) electrons. The van der Waals surface area contributed by atoms with Gasteiger partial charge in [-0.1, -0.05) is 176 Å². The SMILES string of the molecule is C1=CC2C(c3ccccc3N2c2ccc(-c3ccccc3)cc2)c2c1oc1ccc(-c3nc(-c4ccc(-c5ccccc5)cc4)nc(-c4ccc(-c5ccccc5)cc4)n3)cc21. The van der Waals surface area contributed by atoms with Gasteiger partial charge in [-0.2, -0.15) is 0 Å². The van der Waals surface area contributed by atoms with Gasteiger partial charge in [0.1, 0.15) is 11.3 Å². The maximum Gasteiger partial charge on any atom is 0.164 e. The number of fused-ring (bicyclic) bond motifs is 7. The van der Waals surface area contributed by atoms with Gasteiger partial charge < -0.3 is 9.32 Å². The van der Waals surface area contributed by atoms with Gasteiger partial charge in [-0.05, 0) is 81.4 Å². The van der Waals surface area contributed by atoms with Crippen LogP contribution in [-0.2, 0) is 0 Å². The number of para-hydroxylation sites is 1. The predicted octanol–water partition coefficient (Wildman–Crippen LogP) is 14.3. The number of anilines is 2. The van der Waals surface area contributed by atoms with Crippen molar-refractivity contribution < 1.29 is 4.42 Å². The van der Waals surface area contributed by atoms with Crippen molar-refractivity contribution in [3.05, 3.63) is 229 Å². The summed E-state index contributed by atoms with van der Waals surface area (Å²) in [7, 11) is 0. The summed E-state index contributed by atoms with van der Waals surface area (Å²) >= 11 is 0. The van der Waals surface area contributed by atoms with Crippen LogP contribution >= 0.6 is 0 Å². The van der Waals surface area contributed by atoms with E-state index in [9.17, 15) is 0 Å². The Bertz CT molecular complexity index is 3170. The van der Waals surface area contributed by atoms with E-state index < -0.39 is 0 Å². The molecule has 1 aliphatic carbocycles. The van der Waals surface area contributed by atoms with Crippen molar-refractivity contribution in [1.82, 2.24) is 15.0 Å². The molecule has 10 aromatic rings. The maximum absolute atomic E-state index is 6.63. The molecule has 8 aromatic carbocycles. The van der Waals surface area contributed by atoms with Gasteiger partial charge in [-0.3, -0.25) is 0 Å². The summed E-state index contributed by atoms with van der Waals surface area (Å²) in [6.07, 6.45) is 4.46. The summed E-state index contributed by atoms with van der Waals surface area (Å²) in [4.78, 5) is 17.9. The van der Waals surface area contributed by atoms with Crippen molar-refractivity contribution >= 4 is 28.4 Å². The van der Waals surface area contributed by atoms with Gasteiger partial charge in [0.05, 0.1) is 6.04 Å². The molecule has 0 amide bonds. The maximum atomic E-state index is 6.63. The fourth-order valence-corrected chi connectivity index (χ4v) is 9.30. The predicted molar refractivity (Wildman–Crippen MR) is 252 cm³/mol. The molecule has 12 rings (SSSR count). The molecule has 2 atom stereocenters. The number of benzene rings is 8. The summed E-state index contributed by atoms with van der Waals surface area (Å²) < 4.78 is 6.63. The Kier molecular flexibility index (Phi) is 8.56. The molecular weight excluding hydrogens is 757 g/mol. The molecule has 1 aliphatic heterocycles. The van der Waals surface area contributed by atoms with Gasteiger partial charge in [0, 0.05) is 44.9 Å². The lowest BCUT2D eigenvalue weighted by atomic mass is 9.82. The fraction of sp³-hybridized carbons (Fsp3) is 0.0351. The van der Waals surface area contributed by atoms with Crippen LogP contribution in [0.1, 0.15) is 22.8 Å². The third-order valence-electron chi connectivity index (χ3n) is 12.3. The molecule has 2 aliphatic rings. The second kappa shape index (κ2) is 14.8. The van der Waals surface area contributed by atoms with Crippen molar-refractivity contribution in [1.29, 1.82) is 0 Å². The van der Waals surface area contributed by atoms with Crippen molar-refractivity contribution in [3.8, 4) is 67.5 Å². The first kappa shape index (κ1) is 35.8. The molecule has 0 fully saturated rings. The van der Waals surface area contributed by atoms with E-state index in [-0.39, 0.29) is 12.0 Å². The first-order valence-corrected chi connectivity index (χ1v) is 21.1. The summed E-state index contributed by atoms with van der Waals surface area (Å²) in [6.45, 7) is 0. The van der Waals surface area contributed by atoms with Crippen LogP contribution in [0.25, 0.3) is 84.6 Å². The number of aromatic nitrogens is 3. The summed E-state index contributed by atoms with van der Waals surface area (Å²) in [5, 5.41) is 1.07. The largest absolute Gasteiger partial charge is 0.456 e. The average molecular weight is 795 g/mol. The van der Waals surface area contributed by atoms with Gasteiger partial charge in [0.2, 0.25) is 0 Å². The Morgan fingerprint density at radius 1 is 0.403 bits per heavy atom. The molecule has 2 unspecified atom stereocenters. The Morgan fingerprint density at radius 2 is 0.839 bits per heavy atom. The van der Waals surface area contributed by atoms with Crippen LogP contribution in [-0.4, -0.2) is 21.0 Å². The van der Waals surface area contributed by atoms with E-state index in [2.05, 4.69) is 211 Å². The highest BCUT2D eigenvalue weighted by atomic mass is 16.3. The highest BCUT2D eigenvalue weighted by Gasteiger charge is 2.43. The van der Waals surface area contributed by atoms with E-state index in [1.54, 1.807) is 0 Å². The van der Waals surface area contributed by atoms with Gasteiger partial charge in [0.15, 0.2) is 17.5 Å². The molecule has 0 N–H and O–H groups in total. The van der Waals surface area contributed by atoms with Crippen molar-refractivity contribution in [2.24, 2.45) is 0 Å². The standard InChI is InChI=1S/C57H38N4O/c1-4-12-37(13-5-1)40-20-24-43(25-21-40)55-58-56(44-26-22-41(23-27-44)38-14-6-2-7-15-38)60-57(59-55)45-30-34-51-48(36-45)54-52(62-51)35-33-50-53(54)47-18-10-11-19-49(47)61(50)46-31-28-42(29-32-46)39-16-8-3-9-17-39/h1-36,50,53H. The molecule has 5 nitrogen and oxygen atoms in total. The number of furan rings is 1. The minimum absolute atomic E-state index is 0.0623. The minimum atomic E-state index is 0.0623. The van der Waals surface area contributed by atoms with Gasteiger partial charge in [-0.15, -0.1) is 0 Å². The van der Waals surface area contributed by atoms with E-state index in [1.807, 2.05) is 12.1 Å². The van der Waals surface area contributed by atoms with E-state index in [4.69, 9.17) is 19.4 Å². The van der Waals surface area contributed by atoms with Crippen LogP contribution in [0.4, 0.5) is 11.4 Å². The lowest BCUT2D eigenvalue weighted by molar-refractivity contribution is 0.584. The molecule has 0 saturated heterocycles. The van der Waals surface area contributed by atoms with Crippen molar-refractivity contribution in [2.45, 2.75) is 12.0 Å². The van der Waals surface area contributed by atoms with Crippen LogP contribution in [0.2, 0.25) is 0 Å². The zero-order valence-electron chi connectivity index (χ0n) is 33.6. The Hall–Kier alpha value is -8.15. The quantitative estimate of drug-likeness (QED) is 0.161. The molecule has 3 heterocycles.